The molecule has 0 spiro atoms. The molecule has 1 saturated heterocycles. The van der Waals surface area contributed by atoms with Crippen LogP contribution in [0, 0.1) is 0 Å². The molecule has 2 rings (SSSR count). The largest absolute Gasteiger partial charge is 0.347 e. The zero-order valence-electron chi connectivity index (χ0n) is 11.5. The van der Waals surface area contributed by atoms with Gasteiger partial charge in [-0.15, -0.1) is 6.58 Å². The molecule has 0 aromatic carbocycles. The highest BCUT2D eigenvalue weighted by molar-refractivity contribution is 5.96. The Bertz CT molecular complexity index is 508. The van der Waals surface area contributed by atoms with Gasteiger partial charge in [0, 0.05) is 19.6 Å². The Hall–Kier alpha value is -2.17. The van der Waals surface area contributed by atoms with Crippen LogP contribution in [-0.4, -0.2) is 41.3 Å². The Morgan fingerprint density at radius 3 is 2.65 bits per heavy atom. The SMILES string of the molecule is C=CCNC(=O)c1cccc(C(=O)N2CCCCC2)n1. The van der Waals surface area contributed by atoms with Crippen molar-refractivity contribution in [1.29, 1.82) is 0 Å². The van der Waals surface area contributed by atoms with Gasteiger partial charge in [0.2, 0.25) is 0 Å². The molecule has 5 heteroatoms. The lowest BCUT2D eigenvalue weighted by molar-refractivity contribution is 0.0718. The van der Waals surface area contributed by atoms with E-state index in [1.165, 1.54) is 6.42 Å². The second-order valence-corrected chi connectivity index (χ2v) is 4.76. The predicted molar refractivity (Wildman–Crippen MR) is 76.5 cm³/mol. The first-order valence-electron chi connectivity index (χ1n) is 6.88. The molecule has 0 aliphatic carbocycles. The summed E-state index contributed by atoms with van der Waals surface area (Å²) in [6.45, 7) is 5.46. The van der Waals surface area contributed by atoms with Crippen LogP contribution in [0.5, 0.6) is 0 Å². The highest BCUT2D eigenvalue weighted by atomic mass is 16.2. The van der Waals surface area contributed by atoms with Crippen molar-refractivity contribution in [2.75, 3.05) is 19.6 Å². The molecule has 20 heavy (non-hydrogen) atoms. The topological polar surface area (TPSA) is 62.3 Å². The first-order valence-corrected chi connectivity index (χ1v) is 6.88. The molecule has 1 aromatic rings. The van der Waals surface area contributed by atoms with E-state index < -0.39 is 0 Å². The number of rotatable bonds is 4. The van der Waals surface area contributed by atoms with Crippen LogP contribution in [0.3, 0.4) is 0 Å². The number of amides is 2. The maximum atomic E-state index is 12.3. The van der Waals surface area contributed by atoms with E-state index in [4.69, 9.17) is 0 Å². The van der Waals surface area contributed by atoms with Crippen molar-refractivity contribution in [2.24, 2.45) is 0 Å². The zero-order chi connectivity index (χ0) is 14.4. The summed E-state index contributed by atoms with van der Waals surface area (Å²) in [6.07, 6.45) is 4.83. The maximum absolute atomic E-state index is 12.3. The maximum Gasteiger partial charge on any atom is 0.272 e. The fourth-order valence-corrected chi connectivity index (χ4v) is 2.19. The molecule has 1 fully saturated rings. The number of aromatic nitrogens is 1. The van der Waals surface area contributed by atoms with Gasteiger partial charge in [-0.3, -0.25) is 9.59 Å². The second-order valence-electron chi connectivity index (χ2n) is 4.76. The number of piperidine rings is 1. The molecule has 106 valence electrons. The minimum absolute atomic E-state index is 0.0944. The summed E-state index contributed by atoms with van der Waals surface area (Å²) in [5.41, 5.74) is 0.591. The Morgan fingerprint density at radius 2 is 1.95 bits per heavy atom. The monoisotopic (exact) mass is 273 g/mol. The molecule has 0 atom stereocenters. The van der Waals surface area contributed by atoms with Crippen LogP contribution in [0.2, 0.25) is 0 Å². The van der Waals surface area contributed by atoms with Gasteiger partial charge in [-0.25, -0.2) is 4.98 Å². The summed E-state index contributed by atoms with van der Waals surface area (Å²) in [7, 11) is 0. The van der Waals surface area contributed by atoms with Gasteiger partial charge in [-0.2, -0.15) is 0 Å². The summed E-state index contributed by atoms with van der Waals surface area (Å²) in [5.74, 6) is -0.388. The minimum Gasteiger partial charge on any atom is -0.347 e. The van der Waals surface area contributed by atoms with Crippen LogP contribution < -0.4 is 5.32 Å². The number of likely N-dealkylation sites (tertiary alicyclic amines) is 1. The van der Waals surface area contributed by atoms with Gasteiger partial charge in [0.1, 0.15) is 11.4 Å². The third-order valence-corrected chi connectivity index (χ3v) is 3.25. The molecule has 0 radical (unpaired) electrons. The van der Waals surface area contributed by atoms with E-state index in [1.54, 1.807) is 29.2 Å². The second kappa shape index (κ2) is 6.84. The van der Waals surface area contributed by atoms with E-state index in [0.29, 0.717) is 12.2 Å². The van der Waals surface area contributed by atoms with E-state index in [9.17, 15) is 9.59 Å². The summed E-state index contributed by atoms with van der Waals surface area (Å²) in [6, 6.07) is 4.94. The number of hydrogen-bond acceptors (Lipinski definition) is 3. The molecule has 1 aliphatic rings. The van der Waals surface area contributed by atoms with Gasteiger partial charge >= 0.3 is 0 Å². The van der Waals surface area contributed by atoms with Crippen molar-refractivity contribution in [3.05, 3.63) is 42.2 Å². The van der Waals surface area contributed by atoms with Gasteiger partial charge < -0.3 is 10.2 Å². The Morgan fingerprint density at radius 1 is 1.25 bits per heavy atom. The molecule has 0 bridgehead atoms. The van der Waals surface area contributed by atoms with Gasteiger partial charge in [0.05, 0.1) is 0 Å². The fraction of sp³-hybridized carbons (Fsp3) is 0.400. The van der Waals surface area contributed by atoms with Crippen LogP contribution in [0.1, 0.15) is 40.2 Å². The van der Waals surface area contributed by atoms with Crippen molar-refractivity contribution in [3.8, 4) is 0 Å². The van der Waals surface area contributed by atoms with E-state index in [2.05, 4.69) is 16.9 Å². The van der Waals surface area contributed by atoms with Crippen molar-refractivity contribution >= 4 is 11.8 Å². The van der Waals surface area contributed by atoms with Gasteiger partial charge in [-0.05, 0) is 31.4 Å². The predicted octanol–water partition coefficient (Wildman–Crippen LogP) is 1.62. The van der Waals surface area contributed by atoms with Crippen molar-refractivity contribution < 1.29 is 9.59 Å². The molecule has 1 N–H and O–H groups in total. The smallest absolute Gasteiger partial charge is 0.272 e. The fourth-order valence-electron chi connectivity index (χ4n) is 2.19. The van der Waals surface area contributed by atoms with Crippen LogP contribution >= 0.6 is 0 Å². The molecule has 0 unspecified atom stereocenters. The average molecular weight is 273 g/mol. The van der Waals surface area contributed by atoms with Crippen molar-refractivity contribution in [1.82, 2.24) is 15.2 Å². The molecule has 2 amide bonds. The lowest BCUT2D eigenvalue weighted by Gasteiger charge is -2.26. The number of nitrogens with one attached hydrogen (secondary N) is 1. The van der Waals surface area contributed by atoms with Crippen LogP contribution in [0.25, 0.3) is 0 Å². The molecule has 0 saturated carbocycles. The van der Waals surface area contributed by atoms with E-state index >= 15 is 0 Å². The molecule has 5 nitrogen and oxygen atoms in total. The van der Waals surface area contributed by atoms with Crippen LogP contribution in [-0.2, 0) is 0 Å². The molecule has 1 aromatic heterocycles. The third-order valence-electron chi connectivity index (χ3n) is 3.25. The van der Waals surface area contributed by atoms with Crippen molar-refractivity contribution in [3.63, 3.8) is 0 Å². The summed E-state index contributed by atoms with van der Waals surface area (Å²) >= 11 is 0. The van der Waals surface area contributed by atoms with Gasteiger partial charge in [0.25, 0.3) is 11.8 Å². The first-order chi connectivity index (χ1) is 9.72. The highest BCUT2D eigenvalue weighted by Crippen LogP contribution is 2.12. The van der Waals surface area contributed by atoms with Gasteiger partial charge in [0.15, 0.2) is 0 Å². The van der Waals surface area contributed by atoms with Crippen LogP contribution in [0.15, 0.2) is 30.9 Å². The van der Waals surface area contributed by atoms with Crippen molar-refractivity contribution in [2.45, 2.75) is 19.3 Å². The zero-order valence-corrected chi connectivity index (χ0v) is 11.5. The number of pyridine rings is 1. The number of carbonyl (C=O) groups excluding carboxylic acids is 2. The Kier molecular flexibility index (Phi) is 4.87. The summed E-state index contributed by atoms with van der Waals surface area (Å²) in [4.78, 5) is 30.1. The number of hydrogen-bond donors (Lipinski definition) is 1. The normalized spacial score (nSPS) is 14.7. The molecule has 1 aliphatic heterocycles. The lowest BCUT2D eigenvalue weighted by atomic mass is 10.1. The highest BCUT2D eigenvalue weighted by Gasteiger charge is 2.20. The molecular weight excluding hydrogens is 254 g/mol. The molecule has 2 heterocycles. The lowest BCUT2D eigenvalue weighted by Crippen LogP contribution is -2.36. The van der Waals surface area contributed by atoms with E-state index in [0.717, 1.165) is 25.9 Å². The minimum atomic E-state index is -0.293. The van der Waals surface area contributed by atoms with E-state index in [1.807, 2.05) is 0 Å². The van der Waals surface area contributed by atoms with E-state index in [-0.39, 0.29) is 17.5 Å². The Balaban J connectivity index is 2.10. The first kappa shape index (κ1) is 14.2. The third kappa shape index (κ3) is 3.44. The molecular formula is C15H19N3O2. The quantitative estimate of drug-likeness (QED) is 0.848. The van der Waals surface area contributed by atoms with Crippen LogP contribution in [0.4, 0.5) is 0 Å². The Labute approximate surface area is 118 Å². The standard InChI is InChI=1S/C15H19N3O2/c1-2-9-16-14(19)12-7-6-8-13(17-12)15(20)18-10-4-3-5-11-18/h2,6-8H,1,3-5,9-11H2,(H,16,19). The summed E-state index contributed by atoms with van der Waals surface area (Å²) < 4.78 is 0. The van der Waals surface area contributed by atoms with Gasteiger partial charge in [-0.1, -0.05) is 12.1 Å². The summed E-state index contributed by atoms with van der Waals surface area (Å²) in [5, 5.41) is 2.65. The number of carbonyl (C=O) groups is 2. The number of nitrogens with zero attached hydrogens (tertiary/aromatic N) is 2. The average Bonchev–Trinajstić information content (AvgIpc) is 2.52.